The molecule has 164 valence electrons. The molecule has 2 aromatic heterocycles. The Morgan fingerprint density at radius 2 is 1.94 bits per heavy atom. The Balaban J connectivity index is 1.50. The number of benzene rings is 1. The van der Waals surface area contributed by atoms with E-state index in [0.717, 1.165) is 23.2 Å². The van der Waals surface area contributed by atoms with Crippen molar-refractivity contribution in [2.75, 3.05) is 25.0 Å². The lowest BCUT2D eigenvalue weighted by Crippen LogP contribution is -2.40. The first kappa shape index (κ1) is 22.2. The second-order valence-electron chi connectivity index (χ2n) is 7.26. The van der Waals surface area contributed by atoms with Crippen molar-refractivity contribution in [2.24, 2.45) is 0 Å². The van der Waals surface area contributed by atoms with E-state index in [1.165, 1.54) is 6.26 Å². The van der Waals surface area contributed by atoms with Crippen LogP contribution in [0.4, 0.5) is 5.69 Å². The molecule has 0 radical (unpaired) electrons. The summed E-state index contributed by atoms with van der Waals surface area (Å²) in [5.74, 6) is 0.650. The smallest absolute Gasteiger partial charge is 0.283 e. The van der Waals surface area contributed by atoms with Crippen molar-refractivity contribution in [3.8, 4) is 11.7 Å². The van der Waals surface area contributed by atoms with Gasteiger partial charge in [0.2, 0.25) is 17.7 Å². The molecule has 2 N–H and O–H groups in total. The van der Waals surface area contributed by atoms with Crippen LogP contribution in [0, 0.1) is 13.8 Å². The van der Waals surface area contributed by atoms with E-state index >= 15 is 0 Å². The molecule has 2 heterocycles. The quantitative estimate of drug-likeness (QED) is 0.513. The molecular formula is C22H27N5O4. The molecule has 9 heteroatoms. The van der Waals surface area contributed by atoms with Gasteiger partial charge in [0.1, 0.15) is 0 Å². The van der Waals surface area contributed by atoms with Crippen molar-refractivity contribution < 1.29 is 18.4 Å². The van der Waals surface area contributed by atoms with Crippen LogP contribution in [-0.2, 0) is 16.1 Å². The van der Waals surface area contributed by atoms with Gasteiger partial charge in [-0.25, -0.2) is 0 Å². The van der Waals surface area contributed by atoms with Crippen LogP contribution in [0.1, 0.15) is 30.4 Å². The average Bonchev–Trinajstić information content (AvgIpc) is 3.42. The topological polar surface area (TPSA) is 114 Å². The van der Waals surface area contributed by atoms with Gasteiger partial charge in [-0.1, -0.05) is 19.1 Å². The molecule has 3 rings (SSSR count). The summed E-state index contributed by atoms with van der Waals surface area (Å²) < 4.78 is 10.9. The second-order valence-corrected chi connectivity index (χ2v) is 7.26. The number of hydrogen-bond acceptors (Lipinski definition) is 7. The standard InChI is InChI=1S/C22H27N5O4/c1-4-10-27(14-21-25-26-22(31-21)18-9-6-11-30-18)13-20(29)23-12-19(28)24-17-8-5-7-15(2)16(17)3/h5-9,11H,4,10,12-14H2,1-3H3,(H,23,29)(H,24,28). The fourth-order valence-corrected chi connectivity index (χ4v) is 3.06. The predicted octanol–water partition coefficient (Wildman–Crippen LogP) is 2.91. The zero-order valence-corrected chi connectivity index (χ0v) is 18.0. The maximum absolute atomic E-state index is 12.4. The second kappa shape index (κ2) is 10.5. The summed E-state index contributed by atoms with van der Waals surface area (Å²) in [5, 5.41) is 13.5. The number of furan rings is 1. The fraction of sp³-hybridized carbons (Fsp3) is 0.364. The molecular weight excluding hydrogens is 398 g/mol. The molecule has 0 saturated heterocycles. The number of aryl methyl sites for hydroxylation is 1. The van der Waals surface area contributed by atoms with E-state index in [0.29, 0.717) is 30.6 Å². The number of amides is 2. The Kier molecular flexibility index (Phi) is 7.55. The lowest BCUT2D eigenvalue weighted by atomic mass is 10.1. The first-order valence-electron chi connectivity index (χ1n) is 10.2. The van der Waals surface area contributed by atoms with Crippen LogP contribution in [-0.4, -0.2) is 46.5 Å². The van der Waals surface area contributed by atoms with Gasteiger partial charge >= 0.3 is 0 Å². The summed E-state index contributed by atoms with van der Waals surface area (Å²) in [6.07, 6.45) is 2.38. The van der Waals surface area contributed by atoms with Crippen molar-refractivity contribution in [1.29, 1.82) is 0 Å². The van der Waals surface area contributed by atoms with E-state index in [-0.39, 0.29) is 24.9 Å². The third kappa shape index (κ3) is 6.26. The molecule has 31 heavy (non-hydrogen) atoms. The number of hydrogen-bond donors (Lipinski definition) is 2. The number of carbonyl (C=O) groups is 2. The summed E-state index contributed by atoms with van der Waals surface area (Å²) in [6, 6.07) is 9.18. The molecule has 0 atom stereocenters. The van der Waals surface area contributed by atoms with Crippen molar-refractivity contribution in [1.82, 2.24) is 20.4 Å². The van der Waals surface area contributed by atoms with E-state index in [1.54, 1.807) is 12.1 Å². The van der Waals surface area contributed by atoms with Crippen LogP contribution in [0.15, 0.2) is 45.4 Å². The molecule has 0 aliphatic heterocycles. The summed E-state index contributed by atoms with van der Waals surface area (Å²) in [7, 11) is 0. The van der Waals surface area contributed by atoms with Gasteiger partial charge in [-0.2, -0.15) is 0 Å². The normalized spacial score (nSPS) is 11.0. The van der Waals surface area contributed by atoms with E-state index in [2.05, 4.69) is 20.8 Å². The lowest BCUT2D eigenvalue weighted by molar-refractivity contribution is -0.125. The van der Waals surface area contributed by atoms with E-state index < -0.39 is 0 Å². The SMILES string of the molecule is CCCN(CC(=O)NCC(=O)Nc1cccc(C)c1C)Cc1nnc(-c2ccco2)o1. The van der Waals surface area contributed by atoms with Crippen molar-refractivity contribution in [3.63, 3.8) is 0 Å². The van der Waals surface area contributed by atoms with Gasteiger partial charge in [-0.3, -0.25) is 14.5 Å². The molecule has 9 nitrogen and oxygen atoms in total. The zero-order valence-electron chi connectivity index (χ0n) is 18.0. The Hall–Kier alpha value is -3.46. The molecule has 1 aromatic carbocycles. The Bertz CT molecular complexity index is 1010. The van der Waals surface area contributed by atoms with Crippen molar-refractivity contribution in [2.45, 2.75) is 33.7 Å². The highest BCUT2D eigenvalue weighted by Crippen LogP contribution is 2.19. The maximum Gasteiger partial charge on any atom is 0.283 e. The molecule has 0 fully saturated rings. The minimum atomic E-state index is -0.274. The van der Waals surface area contributed by atoms with E-state index in [9.17, 15) is 9.59 Å². The Labute approximate surface area is 180 Å². The van der Waals surface area contributed by atoms with E-state index in [1.807, 2.05) is 43.9 Å². The van der Waals surface area contributed by atoms with Gasteiger partial charge in [0.05, 0.1) is 25.9 Å². The highest BCUT2D eigenvalue weighted by atomic mass is 16.4. The van der Waals surface area contributed by atoms with Crippen LogP contribution < -0.4 is 10.6 Å². The van der Waals surface area contributed by atoms with Crippen LogP contribution in [0.25, 0.3) is 11.7 Å². The zero-order chi connectivity index (χ0) is 22.2. The van der Waals surface area contributed by atoms with Gasteiger partial charge in [0.15, 0.2) is 5.76 Å². The highest BCUT2D eigenvalue weighted by molar-refractivity contribution is 5.95. The largest absolute Gasteiger partial charge is 0.459 e. The summed E-state index contributed by atoms with van der Waals surface area (Å²) in [5.41, 5.74) is 2.84. The molecule has 0 unspecified atom stereocenters. The van der Waals surface area contributed by atoms with Crippen LogP contribution >= 0.6 is 0 Å². The first-order chi connectivity index (χ1) is 15.0. The number of anilines is 1. The molecule has 0 bridgehead atoms. The highest BCUT2D eigenvalue weighted by Gasteiger charge is 2.17. The van der Waals surface area contributed by atoms with Crippen molar-refractivity contribution in [3.05, 3.63) is 53.6 Å². The van der Waals surface area contributed by atoms with Gasteiger partial charge in [0.25, 0.3) is 5.89 Å². The summed E-state index contributed by atoms with van der Waals surface area (Å²) in [4.78, 5) is 26.5. The van der Waals surface area contributed by atoms with Crippen LogP contribution in [0.3, 0.4) is 0 Å². The average molecular weight is 425 g/mol. The molecule has 0 saturated carbocycles. The number of nitrogens with one attached hydrogen (secondary N) is 2. The van der Waals surface area contributed by atoms with Crippen molar-refractivity contribution >= 4 is 17.5 Å². The number of nitrogens with zero attached hydrogens (tertiary/aromatic N) is 3. The number of carbonyl (C=O) groups excluding carboxylic acids is 2. The molecule has 0 aliphatic rings. The molecule has 3 aromatic rings. The third-order valence-corrected chi connectivity index (χ3v) is 4.79. The number of aromatic nitrogens is 2. The fourth-order valence-electron chi connectivity index (χ4n) is 3.06. The minimum absolute atomic E-state index is 0.102. The summed E-state index contributed by atoms with van der Waals surface area (Å²) >= 11 is 0. The molecule has 0 spiro atoms. The van der Waals surface area contributed by atoms with Crippen LogP contribution in [0.2, 0.25) is 0 Å². The Morgan fingerprint density at radius 1 is 1.10 bits per heavy atom. The van der Waals surface area contributed by atoms with Gasteiger partial charge < -0.3 is 19.5 Å². The molecule has 2 amide bonds. The molecule has 0 aliphatic carbocycles. The summed E-state index contributed by atoms with van der Waals surface area (Å²) in [6.45, 7) is 6.95. The van der Waals surface area contributed by atoms with Gasteiger partial charge in [-0.15, -0.1) is 10.2 Å². The van der Waals surface area contributed by atoms with E-state index in [4.69, 9.17) is 8.83 Å². The third-order valence-electron chi connectivity index (χ3n) is 4.79. The first-order valence-corrected chi connectivity index (χ1v) is 10.2. The van der Waals surface area contributed by atoms with Gasteiger partial charge in [0, 0.05) is 5.69 Å². The monoisotopic (exact) mass is 425 g/mol. The lowest BCUT2D eigenvalue weighted by Gasteiger charge is -2.19. The van der Waals surface area contributed by atoms with Crippen LogP contribution in [0.5, 0.6) is 0 Å². The predicted molar refractivity (Wildman–Crippen MR) is 115 cm³/mol. The Morgan fingerprint density at radius 3 is 2.68 bits per heavy atom. The number of rotatable bonds is 10. The van der Waals surface area contributed by atoms with Gasteiger partial charge in [-0.05, 0) is 56.1 Å². The minimum Gasteiger partial charge on any atom is -0.459 e. The maximum atomic E-state index is 12.4.